The van der Waals surface area contributed by atoms with Gasteiger partial charge in [-0.15, -0.1) is 0 Å². The summed E-state index contributed by atoms with van der Waals surface area (Å²) in [5.41, 5.74) is 0. The number of ether oxygens (including phenoxy) is 6. The number of allylic oxidation sites excluding steroid dienone is 29. The van der Waals surface area contributed by atoms with Crippen molar-refractivity contribution in [3.05, 3.63) is 182 Å². The number of nitrogens with one attached hydrogen (secondary N) is 1. The maximum Gasteiger partial charge on any atom is 0.220 e. The van der Waals surface area contributed by atoms with E-state index >= 15 is 0 Å². The van der Waals surface area contributed by atoms with Gasteiger partial charge in [0.2, 0.25) is 5.91 Å². The largest absolute Gasteiger partial charge is 0.394 e. The van der Waals surface area contributed by atoms with Gasteiger partial charge in [0, 0.05) is 6.42 Å². The second-order valence-corrected chi connectivity index (χ2v) is 26.0. The van der Waals surface area contributed by atoms with Crippen molar-refractivity contribution in [1.82, 2.24) is 5.32 Å². The summed E-state index contributed by atoms with van der Waals surface area (Å²) in [5, 5.41) is 121. The monoisotopic (exact) mass is 1430 g/mol. The lowest BCUT2D eigenvalue weighted by molar-refractivity contribution is -0.379. The van der Waals surface area contributed by atoms with Crippen LogP contribution in [0.15, 0.2) is 182 Å². The van der Waals surface area contributed by atoms with Crippen LogP contribution < -0.4 is 5.32 Å². The molecule has 0 aromatic rings. The van der Waals surface area contributed by atoms with E-state index in [4.69, 9.17) is 28.4 Å². The van der Waals surface area contributed by atoms with Crippen molar-refractivity contribution in [2.24, 2.45) is 0 Å². The van der Waals surface area contributed by atoms with E-state index in [9.17, 15) is 61.0 Å². The summed E-state index contributed by atoms with van der Waals surface area (Å²) in [5.74, 6) is -0.340. The van der Waals surface area contributed by atoms with E-state index in [1.165, 1.54) is 51.4 Å². The molecule has 0 radical (unpaired) electrons. The second-order valence-electron chi connectivity index (χ2n) is 26.0. The summed E-state index contributed by atoms with van der Waals surface area (Å²) in [6.07, 6.45) is 65.9. The maximum atomic E-state index is 13.4. The zero-order chi connectivity index (χ0) is 73.9. The van der Waals surface area contributed by atoms with Crippen molar-refractivity contribution in [2.45, 2.75) is 304 Å². The van der Waals surface area contributed by atoms with Crippen molar-refractivity contribution in [3.63, 3.8) is 0 Å². The van der Waals surface area contributed by atoms with Crippen LogP contribution in [0.25, 0.3) is 0 Å². The Hall–Kier alpha value is -5.11. The van der Waals surface area contributed by atoms with Crippen LogP contribution in [0.1, 0.15) is 200 Å². The molecule has 1 amide bonds. The molecule has 3 heterocycles. The van der Waals surface area contributed by atoms with E-state index in [0.717, 1.165) is 116 Å². The molecule has 102 heavy (non-hydrogen) atoms. The van der Waals surface area contributed by atoms with Crippen LogP contribution in [0.4, 0.5) is 0 Å². The number of carbonyl (C=O) groups is 1. The minimum Gasteiger partial charge on any atom is -0.394 e. The van der Waals surface area contributed by atoms with Crippen LogP contribution in [0.2, 0.25) is 0 Å². The van der Waals surface area contributed by atoms with Crippen molar-refractivity contribution >= 4 is 5.91 Å². The molecule has 19 heteroatoms. The first-order valence-electron chi connectivity index (χ1n) is 38.0. The first-order valence-corrected chi connectivity index (χ1v) is 38.0. The molecule has 17 atom stereocenters. The molecular weight excluding hydrogens is 1300 g/mol. The van der Waals surface area contributed by atoms with Crippen molar-refractivity contribution in [3.8, 4) is 0 Å². The van der Waals surface area contributed by atoms with Gasteiger partial charge in [0.15, 0.2) is 18.9 Å². The molecule has 0 aromatic carbocycles. The normalized spacial score (nSPS) is 27.2. The van der Waals surface area contributed by atoms with Gasteiger partial charge in [-0.05, 0) is 135 Å². The zero-order valence-corrected chi connectivity index (χ0v) is 61.2. The summed E-state index contributed by atoms with van der Waals surface area (Å²) in [6.45, 7) is 1.53. The number of hydrogen-bond acceptors (Lipinski definition) is 18. The van der Waals surface area contributed by atoms with E-state index < -0.39 is 131 Å². The van der Waals surface area contributed by atoms with Gasteiger partial charge < -0.3 is 89.9 Å². The first-order chi connectivity index (χ1) is 49.8. The highest BCUT2D eigenvalue weighted by molar-refractivity contribution is 5.76. The van der Waals surface area contributed by atoms with Crippen molar-refractivity contribution in [2.75, 3.05) is 26.4 Å². The average molecular weight is 1430 g/mol. The molecule has 0 saturated carbocycles. The first kappa shape index (κ1) is 91.1. The lowest BCUT2D eigenvalue weighted by Gasteiger charge is -2.48. The third-order valence-electron chi connectivity index (χ3n) is 17.4. The van der Waals surface area contributed by atoms with E-state index in [0.29, 0.717) is 12.8 Å². The fourth-order valence-electron chi connectivity index (χ4n) is 11.3. The number of aliphatic hydroxyl groups excluding tert-OH is 11. The summed E-state index contributed by atoms with van der Waals surface area (Å²) >= 11 is 0. The summed E-state index contributed by atoms with van der Waals surface area (Å²) in [6, 6.07) is -1.03. The molecular formula is C83H131NO18. The predicted octanol–water partition coefficient (Wildman–Crippen LogP) is 12.0. The Labute approximate surface area is 610 Å². The number of unbranched alkanes of at least 4 members (excludes halogenated alkanes) is 12. The minimum absolute atomic E-state index is 0.164. The zero-order valence-electron chi connectivity index (χ0n) is 61.2. The van der Waals surface area contributed by atoms with E-state index in [1.807, 2.05) is 6.08 Å². The molecule has 3 rings (SSSR count). The van der Waals surface area contributed by atoms with Crippen LogP contribution in [0.3, 0.4) is 0 Å². The average Bonchev–Trinajstić information content (AvgIpc) is 0.781. The Morgan fingerprint density at radius 3 is 1.10 bits per heavy atom. The highest BCUT2D eigenvalue weighted by Crippen LogP contribution is 2.33. The third kappa shape index (κ3) is 41.0. The smallest absolute Gasteiger partial charge is 0.220 e. The number of carbonyl (C=O) groups excluding carboxylic acids is 1. The minimum atomic E-state index is -2.00. The maximum absolute atomic E-state index is 13.4. The van der Waals surface area contributed by atoms with Gasteiger partial charge in [0.25, 0.3) is 0 Å². The van der Waals surface area contributed by atoms with Gasteiger partial charge in [-0.3, -0.25) is 4.79 Å². The SMILES string of the molecule is CC/C=C\C/C=C\C/C=C\C/C=C\C/C=C\C/C=C\C/C=C\C/C=C\C/C=C\C/C=C\C/C=C\C/C=C\CCCCC(=O)NC(COC1OC(CO)C(OC2OC(CO)C(OC3OC(CO)C(O)C(O)C3O)C(O)C2O)C(O)C1O)C(O)/C=C/CC/C=C/CC/C=C/CCCCCCCCCC. The molecule has 3 fully saturated rings. The molecule has 19 nitrogen and oxygen atoms in total. The van der Waals surface area contributed by atoms with Gasteiger partial charge in [0.05, 0.1) is 38.6 Å². The lowest BCUT2D eigenvalue weighted by Crippen LogP contribution is -2.66. The van der Waals surface area contributed by atoms with E-state index in [1.54, 1.807) is 6.08 Å². The fourth-order valence-corrected chi connectivity index (χ4v) is 11.3. The van der Waals surface area contributed by atoms with Gasteiger partial charge in [-0.25, -0.2) is 0 Å². The Bertz CT molecular complexity index is 2560. The van der Waals surface area contributed by atoms with Crippen LogP contribution in [-0.4, -0.2) is 193 Å². The molecule has 3 saturated heterocycles. The lowest BCUT2D eigenvalue weighted by atomic mass is 9.96. The van der Waals surface area contributed by atoms with Crippen LogP contribution in [-0.2, 0) is 33.2 Å². The topological polar surface area (TPSA) is 307 Å². The molecule has 0 bridgehead atoms. The highest BCUT2D eigenvalue weighted by Gasteiger charge is 2.53. The molecule has 576 valence electrons. The molecule has 0 spiro atoms. The highest BCUT2D eigenvalue weighted by atomic mass is 16.8. The van der Waals surface area contributed by atoms with Gasteiger partial charge in [0.1, 0.15) is 73.2 Å². The predicted molar refractivity (Wildman–Crippen MR) is 405 cm³/mol. The van der Waals surface area contributed by atoms with Crippen LogP contribution >= 0.6 is 0 Å². The quantitative estimate of drug-likeness (QED) is 0.0199. The number of hydrogen-bond donors (Lipinski definition) is 12. The summed E-state index contributed by atoms with van der Waals surface area (Å²) < 4.78 is 34.3. The molecule has 3 aliphatic heterocycles. The van der Waals surface area contributed by atoms with Crippen molar-refractivity contribution in [1.29, 1.82) is 0 Å². The van der Waals surface area contributed by atoms with E-state index in [-0.39, 0.29) is 12.3 Å². The number of aliphatic hydroxyl groups is 11. The fraction of sp³-hybridized carbons (Fsp3) is 0.627. The Kier molecular flexibility index (Phi) is 54.6. The molecule has 0 aromatic heterocycles. The molecule has 12 N–H and O–H groups in total. The van der Waals surface area contributed by atoms with Crippen LogP contribution in [0, 0.1) is 0 Å². The standard InChI is InChI=1S/C83H131NO18/c1-3-5-7-9-11-13-15-17-19-21-23-24-25-26-27-28-29-30-31-32-33-34-35-36-37-38-39-40-41-42-43-45-47-49-51-53-55-57-59-61-71(89)84-66(67(88)60-58-56-54-52-50-48-46-44-22-20-18-16-14-12-10-8-6-4-2)65-97-81-77(95)74(92)79(69(63-86)99-81)102-83-78(96)75(93)80(70(64-87)100-83)101-82-76(94)73(91)72(90)68(62-85)98-82/h5,7,11,13,17,19,22-24,26-27,29-30,32-33,35-36,38-39,41-42,44-45,47,50-53,58,60,66-70,72-83,85-88,90-96H,3-4,6,8-10,12,14-16,18,20-21,25,28,31,34,37,40,43,46,48-49,54-57,59,61-65H2,1-2H3,(H,84,89)/b7-5-,13-11-,19-17-,24-23-,27-26-,30-29-,33-32-,36-35-,39-38-,42-41-,44-22+,47-45-,52-50+,53-51-,60-58+. The second kappa shape index (κ2) is 61.1. The summed E-state index contributed by atoms with van der Waals surface area (Å²) in [7, 11) is 0. The Balaban J connectivity index is 1.40. The third-order valence-corrected chi connectivity index (χ3v) is 17.4. The Morgan fingerprint density at radius 1 is 0.363 bits per heavy atom. The molecule has 0 aliphatic carbocycles. The van der Waals surface area contributed by atoms with E-state index in [2.05, 4.69) is 189 Å². The van der Waals surface area contributed by atoms with Gasteiger partial charge >= 0.3 is 0 Å². The van der Waals surface area contributed by atoms with Crippen LogP contribution in [0.5, 0.6) is 0 Å². The van der Waals surface area contributed by atoms with Crippen molar-refractivity contribution < 1.29 is 89.4 Å². The Morgan fingerprint density at radius 2 is 0.686 bits per heavy atom. The summed E-state index contributed by atoms with van der Waals surface area (Å²) in [4.78, 5) is 13.4. The van der Waals surface area contributed by atoms with Gasteiger partial charge in [-0.2, -0.15) is 0 Å². The number of amides is 1. The molecule has 3 aliphatic rings. The van der Waals surface area contributed by atoms with Gasteiger partial charge in [-0.1, -0.05) is 241 Å². The number of rotatable bonds is 56. The molecule has 17 unspecified atom stereocenters.